The molecule has 0 aromatic heterocycles. The van der Waals surface area contributed by atoms with Crippen molar-refractivity contribution in [3.8, 4) is 0 Å². The Morgan fingerprint density at radius 2 is 2.12 bits per heavy atom. The Hall–Kier alpha value is -1.10. The molecule has 5 nitrogen and oxygen atoms in total. The van der Waals surface area contributed by atoms with E-state index in [4.69, 9.17) is 5.73 Å². The van der Waals surface area contributed by atoms with Gasteiger partial charge in [0.05, 0.1) is 0 Å². The van der Waals surface area contributed by atoms with Crippen LogP contribution in [0.15, 0.2) is 4.99 Å². The lowest BCUT2D eigenvalue weighted by molar-refractivity contribution is 0.141. The first-order valence-corrected chi connectivity index (χ1v) is 6.65. The first-order valence-electron chi connectivity index (χ1n) is 6.65. The van der Waals surface area contributed by atoms with Crippen molar-refractivity contribution in [1.82, 2.24) is 9.80 Å². The van der Waals surface area contributed by atoms with Crippen molar-refractivity contribution in [3.63, 3.8) is 0 Å². The van der Waals surface area contributed by atoms with Gasteiger partial charge in [0.25, 0.3) is 0 Å². The number of urea groups is 1. The summed E-state index contributed by atoms with van der Waals surface area (Å²) in [5.41, 5.74) is 5.90. The van der Waals surface area contributed by atoms with Crippen LogP contribution in [-0.2, 0) is 0 Å². The number of nitrogens with zero attached hydrogens (tertiary/aromatic N) is 3. The van der Waals surface area contributed by atoms with Crippen LogP contribution in [0.3, 0.4) is 0 Å². The van der Waals surface area contributed by atoms with E-state index < -0.39 is 0 Å². The molecule has 2 amide bonds. The highest BCUT2D eigenvalue weighted by Crippen LogP contribution is 2.47. The fourth-order valence-electron chi connectivity index (χ4n) is 4.06. The van der Waals surface area contributed by atoms with E-state index >= 15 is 0 Å². The summed E-state index contributed by atoms with van der Waals surface area (Å²) in [7, 11) is 0. The van der Waals surface area contributed by atoms with Gasteiger partial charge >= 0.3 is 6.03 Å². The Kier molecular flexibility index (Phi) is 1.75. The van der Waals surface area contributed by atoms with Gasteiger partial charge in [-0.1, -0.05) is 0 Å². The fraction of sp³-hybridized carbons (Fsp3) is 0.833. The molecule has 2 saturated heterocycles. The molecule has 1 aliphatic carbocycles. The van der Waals surface area contributed by atoms with Crippen molar-refractivity contribution in [3.05, 3.63) is 0 Å². The number of amidine groups is 1. The summed E-state index contributed by atoms with van der Waals surface area (Å²) in [5.74, 6) is 0.587. The van der Waals surface area contributed by atoms with E-state index in [0.29, 0.717) is 17.9 Å². The van der Waals surface area contributed by atoms with Gasteiger partial charge in [0.15, 0.2) is 0 Å². The van der Waals surface area contributed by atoms with E-state index in [1.54, 1.807) is 0 Å². The second kappa shape index (κ2) is 3.02. The van der Waals surface area contributed by atoms with Crippen molar-refractivity contribution in [2.24, 2.45) is 10.7 Å². The monoisotopic (exact) mass is 234 g/mol. The van der Waals surface area contributed by atoms with Crippen LogP contribution in [0.5, 0.6) is 0 Å². The lowest BCUT2D eigenvalue weighted by Gasteiger charge is -2.39. The Morgan fingerprint density at radius 3 is 2.88 bits per heavy atom. The van der Waals surface area contributed by atoms with Gasteiger partial charge in [0, 0.05) is 18.6 Å². The minimum atomic E-state index is -0.241. The van der Waals surface area contributed by atoms with Crippen LogP contribution in [0.4, 0.5) is 4.79 Å². The molecule has 1 spiro atoms. The molecule has 0 bridgehead atoms. The molecule has 3 heterocycles. The maximum Gasteiger partial charge on any atom is 0.346 e. The molecule has 2 atom stereocenters. The van der Waals surface area contributed by atoms with Crippen molar-refractivity contribution in [2.75, 3.05) is 13.1 Å². The Balaban J connectivity index is 1.79. The van der Waals surface area contributed by atoms with Gasteiger partial charge in [-0.2, -0.15) is 4.99 Å². The largest absolute Gasteiger partial charge is 0.385 e. The van der Waals surface area contributed by atoms with Gasteiger partial charge in [-0.25, -0.2) is 4.79 Å². The van der Waals surface area contributed by atoms with Gasteiger partial charge in [-0.3, -0.25) is 4.90 Å². The lowest BCUT2D eigenvalue weighted by Crippen LogP contribution is -2.60. The third-order valence-electron chi connectivity index (χ3n) is 4.90. The van der Waals surface area contributed by atoms with Crippen LogP contribution < -0.4 is 5.73 Å². The van der Waals surface area contributed by atoms with Crippen molar-refractivity contribution < 1.29 is 4.79 Å². The predicted octanol–water partition coefficient (Wildman–Crippen LogP) is 0.548. The highest BCUT2D eigenvalue weighted by Gasteiger charge is 2.62. The quantitative estimate of drug-likeness (QED) is 0.720. The normalized spacial score (nSPS) is 41.4. The fourth-order valence-corrected chi connectivity index (χ4v) is 4.06. The van der Waals surface area contributed by atoms with Crippen molar-refractivity contribution in [1.29, 1.82) is 0 Å². The summed E-state index contributed by atoms with van der Waals surface area (Å²) in [6.45, 7) is 2.23. The number of carbonyl (C=O) groups excluding carboxylic acids is 1. The number of carbonyl (C=O) groups is 1. The molecule has 0 aromatic rings. The Labute approximate surface area is 101 Å². The molecule has 3 aliphatic heterocycles. The third-order valence-corrected chi connectivity index (χ3v) is 4.90. The number of fused-ring (bicyclic) bond motifs is 2. The highest BCUT2D eigenvalue weighted by atomic mass is 16.2. The van der Waals surface area contributed by atoms with Crippen LogP contribution in [0.2, 0.25) is 0 Å². The SMILES string of the molecule is NC1=NC(=O)N(C2CC2)C12CCN1CCCC12. The van der Waals surface area contributed by atoms with Crippen LogP contribution in [0.25, 0.3) is 0 Å². The van der Waals surface area contributed by atoms with Gasteiger partial charge < -0.3 is 10.6 Å². The maximum atomic E-state index is 12.1. The van der Waals surface area contributed by atoms with Crippen LogP contribution in [-0.4, -0.2) is 52.4 Å². The minimum Gasteiger partial charge on any atom is -0.385 e. The van der Waals surface area contributed by atoms with Gasteiger partial charge in [-0.15, -0.1) is 0 Å². The smallest absolute Gasteiger partial charge is 0.346 e. The minimum absolute atomic E-state index is 0.0845. The first kappa shape index (κ1) is 9.88. The average molecular weight is 234 g/mol. The maximum absolute atomic E-state index is 12.1. The summed E-state index contributed by atoms with van der Waals surface area (Å²) in [6, 6.07) is 0.755. The Morgan fingerprint density at radius 1 is 1.29 bits per heavy atom. The van der Waals surface area contributed by atoms with E-state index in [0.717, 1.165) is 38.8 Å². The Bertz CT molecular complexity index is 417. The second-order valence-electron chi connectivity index (χ2n) is 5.75. The number of rotatable bonds is 1. The highest BCUT2D eigenvalue weighted by molar-refractivity contribution is 6.07. The second-order valence-corrected chi connectivity index (χ2v) is 5.75. The first-order chi connectivity index (χ1) is 8.23. The van der Waals surface area contributed by atoms with E-state index in [1.807, 2.05) is 4.90 Å². The third kappa shape index (κ3) is 1.08. The van der Waals surface area contributed by atoms with Crippen molar-refractivity contribution >= 4 is 11.9 Å². The molecule has 17 heavy (non-hydrogen) atoms. The molecule has 4 aliphatic rings. The molecule has 2 N–H and O–H groups in total. The molecule has 3 fully saturated rings. The molecular formula is C12H18N4O. The number of amides is 2. The number of nitrogens with two attached hydrogens (primary N) is 1. The molecule has 92 valence electrons. The zero-order chi connectivity index (χ0) is 11.6. The summed E-state index contributed by atoms with van der Waals surface area (Å²) in [6.07, 6.45) is 5.63. The summed E-state index contributed by atoms with van der Waals surface area (Å²) < 4.78 is 0. The molecule has 0 radical (unpaired) electrons. The molecule has 0 aromatic carbocycles. The molecule has 1 saturated carbocycles. The van der Waals surface area contributed by atoms with Crippen LogP contribution >= 0.6 is 0 Å². The average Bonchev–Trinajstić information content (AvgIpc) is 2.81. The van der Waals surface area contributed by atoms with E-state index in [2.05, 4.69) is 9.89 Å². The van der Waals surface area contributed by atoms with E-state index in [9.17, 15) is 4.79 Å². The summed E-state index contributed by atoms with van der Waals surface area (Å²) >= 11 is 0. The molecule has 5 heteroatoms. The number of hydrogen-bond donors (Lipinski definition) is 1. The zero-order valence-corrected chi connectivity index (χ0v) is 9.93. The van der Waals surface area contributed by atoms with Crippen LogP contribution in [0, 0.1) is 0 Å². The van der Waals surface area contributed by atoms with Gasteiger partial charge in [-0.05, 0) is 38.6 Å². The van der Waals surface area contributed by atoms with E-state index in [-0.39, 0.29) is 11.6 Å². The molecule has 2 unspecified atom stereocenters. The molecule has 4 rings (SSSR count). The van der Waals surface area contributed by atoms with Crippen molar-refractivity contribution in [2.45, 2.75) is 49.7 Å². The molecular weight excluding hydrogens is 216 g/mol. The standard InChI is InChI=1S/C12H18N4O/c13-10-12(5-7-15-6-1-2-9(12)15)16(8-3-4-8)11(17)14-10/h8-9H,1-7H2,(H2,13,14,17). The van der Waals surface area contributed by atoms with Gasteiger partial charge in [0.2, 0.25) is 0 Å². The number of hydrogen-bond acceptors (Lipinski definition) is 3. The zero-order valence-electron chi connectivity index (χ0n) is 9.93. The lowest BCUT2D eigenvalue weighted by atomic mass is 9.86. The van der Waals surface area contributed by atoms with Gasteiger partial charge in [0.1, 0.15) is 11.4 Å². The predicted molar refractivity (Wildman–Crippen MR) is 63.8 cm³/mol. The van der Waals surface area contributed by atoms with Crippen LogP contribution in [0.1, 0.15) is 32.1 Å². The topological polar surface area (TPSA) is 61.9 Å². The summed E-state index contributed by atoms with van der Waals surface area (Å²) in [5, 5.41) is 0. The number of aliphatic imine (C=N–C) groups is 1. The van der Waals surface area contributed by atoms with E-state index in [1.165, 1.54) is 6.42 Å². The summed E-state index contributed by atoms with van der Waals surface area (Å²) in [4.78, 5) is 20.7.